The molecule has 3 heterocycles. The second-order valence-electron chi connectivity index (χ2n) is 3.69. The maximum atomic E-state index is 4.63. The molecule has 6 heteroatoms. The first-order valence-electron chi connectivity index (χ1n) is 5.26. The molecule has 0 saturated carbocycles. The Hall–Kier alpha value is -0.880. The molecule has 0 aliphatic carbocycles. The lowest BCUT2D eigenvalue weighted by Gasteiger charge is -2.26. The number of anilines is 1. The number of hydrogen-bond donors (Lipinski definition) is 0. The molecule has 1 saturated heterocycles. The van der Waals surface area contributed by atoms with Gasteiger partial charge in [0.1, 0.15) is 5.82 Å². The van der Waals surface area contributed by atoms with E-state index in [1.807, 2.05) is 24.9 Å². The third-order valence-corrected chi connectivity index (χ3v) is 4.35. The van der Waals surface area contributed by atoms with Gasteiger partial charge >= 0.3 is 0 Å². The molecule has 2 aromatic heterocycles. The molecule has 0 radical (unpaired) electrons. The summed E-state index contributed by atoms with van der Waals surface area (Å²) in [4.78, 5) is 16.6. The molecule has 0 aromatic carbocycles. The van der Waals surface area contributed by atoms with Crippen molar-refractivity contribution in [3.63, 3.8) is 0 Å². The van der Waals surface area contributed by atoms with Crippen LogP contribution in [0.5, 0.6) is 0 Å². The summed E-state index contributed by atoms with van der Waals surface area (Å²) in [6.07, 6.45) is 1.84. The first-order chi connectivity index (χ1) is 7.83. The Kier molecular flexibility index (Phi) is 2.69. The monoisotopic (exact) mass is 252 g/mol. The summed E-state index contributed by atoms with van der Waals surface area (Å²) in [5.74, 6) is 3.36. The zero-order valence-corrected chi connectivity index (χ0v) is 10.6. The average molecular weight is 252 g/mol. The summed E-state index contributed by atoms with van der Waals surface area (Å²) in [7, 11) is 0. The zero-order valence-electron chi connectivity index (χ0n) is 9.01. The number of thiazole rings is 1. The van der Waals surface area contributed by atoms with Gasteiger partial charge in [0, 0.05) is 24.6 Å². The highest BCUT2D eigenvalue weighted by Gasteiger charge is 2.14. The van der Waals surface area contributed by atoms with E-state index in [0.717, 1.165) is 34.4 Å². The number of fused-ring (bicyclic) bond motifs is 1. The van der Waals surface area contributed by atoms with Gasteiger partial charge in [-0.1, -0.05) is 11.3 Å². The normalized spacial score (nSPS) is 16.9. The highest BCUT2D eigenvalue weighted by atomic mass is 32.2. The van der Waals surface area contributed by atoms with Crippen LogP contribution in [0.4, 0.5) is 5.82 Å². The SMILES string of the molecule is Cc1nc2ncc(N3CCSCC3)nc2s1. The quantitative estimate of drug-likeness (QED) is 0.776. The van der Waals surface area contributed by atoms with Gasteiger partial charge in [-0.3, -0.25) is 0 Å². The van der Waals surface area contributed by atoms with Crippen molar-refractivity contribution < 1.29 is 0 Å². The van der Waals surface area contributed by atoms with Crippen molar-refractivity contribution >= 4 is 39.4 Å². The van der Waals surface area contributed by atoms with E-state index in [-0.39, 0.29) is 0 Å². The highest BCUT2D eigenvalue weighted by Crippen LogP contribution is 2.22. The van der Waals surface area contributed by atoms with Gasteiger partial charge in [-0.25, -0.2) is 15.0 Å². The number of thioether (sulfide) groups is 1. The molecule has 0 spiro atoms. The topological polar surface area (TPSA) is 41.9 Å². The predicted molar refractivity (Wildman–Crippen MR) is 69.5 cm³/mol. The second kappa shape index (κ2) is 4.18. The van der Waals surface area contributed by atoms with Crippen LogP contribution in [0.1, 0.15) is 5.01 Å². The van der Waals surface area contributed by atoms with E-state index in [1.165, 1.54) is 11.5 Å². The summed E-state index contributed by atoms with van der Waals surface area (Å²) in [5.41, 5.74) is 0.776. The number of hydrogen-bond acceptors (Lipinski definition) is 6. The lowest BCUT2D eigenvalue weighted by atomic mass is 10.5. The van der Waals surface area contributed by atoms with Crippen molar-refractivity contribution in [3.05, 3.63) is 11.2 Å². The van der Waals surface area contributed by atoms with Crippen molar-refractivity contribution in [1.29, 1.82) is 0 Å². The van der Waals surface area contributed by atoms with Crippen LogP contribution >= 0.6 is 23.1 Å². The van der Waals surface area contributed by atoms with Crippen molar-refractivity contribution in [2.45, 2.75) is 6.92 Å². The first kappa shape index (κ1) is 10.3. The predicted octanol–water partition coefficient (Wildman–Crippen LogP) is 1.95. The second-order valence-corrected chi connectivity index (χ2v) is 6.10. The van der Waals surface area contributed by atoms with Gasteiger partial charge < -0.3 is 4.90 Å². The van der Waals surface area contributed by atoms with E-state index in [1.54, 1.807) is 11.3 Å². The Morgan fingerprint density at radius 2 is 2.06 bits per heavy atom. The Balaban J connectivity index is 1.97. The summed E-state index contributed by atoms with van der Waals surface area (Å²) in [6.45, 7) is 4.14. The lowest BCUT2D eigenvalue weighted by Crippen LogP contribution is -2.33. The van der Waals surface area contributed by atoms with E-state index in [2.05, 4.69) is 19.9 Å². The summed E-state index contributed by atoms with van der Waals surface area (Å²) in [6, 6.07) is 0. The number of rotatable bonds is 1. The molecule has 1 fully saturated rings. The van der Waals surface area contributed by atoms with Crippen molar-refractivity contribution in [1.82, 2.24) is 15.0 Å². The van der Waals surface area contributed by atoms with Gasteiger partial charge in [-0.2, -0.15) is 11.8 Å². The fourth-order valence-electron chi connectivity index (χ4n) is 1.76. The Bertz CT molecular complexity index is 504. The minimum absolute atomic E-state index is 0.776. The molecule has 1 aliphatic rings. The zero-order chi connectivity index (χ0) is 11.0. The van der Waals surface area contributed by atoms with Crippen LogP contribution in [0, 0.1) is 6.92 Å². The van der Waals surface area contributed by atoms with Gasteiger partial charge in [0.15, 0.2) is 10.5 Å². The van der Waals surface area contributed by atoms with E-state index in [9.17, 15) is 0 Å². The molecular weight excluding hydrogens is 240 g/mol. The molecule has 4 nitrogen and oxygen atoms in total. The van der Waals surface area contributed by atoms with Gasteiger partial charge in [-0.15, -0.1) is 0 Å². The molecule has 0 unspecified atom stereocenters. The maximum Gasteiger partial charge on any atom is 0.189 e. The Morgan fingerprint density at radius 1 is 1.25 bits per heavy atom. The van der Waals surface area contributed by atoms with Crippen molar-refractivity contribution in [3.8, 4) is 0 Å². The smallest absolute Gasteiger partial charge is 0.189 e. The third kappa shape index (κ3) is 1.87. The average Bonchev–Trinajstić information content (AvgIpc) is 2.69. The molecule has 0 N–H and O–H groups in total. The highest BCUT2D eigenvalue weighted by molar-refractivity contribution is 7.99. The maximum absolute atomic E-state index is 4.63. The minimum Gasteiger partial charge on any atom is -0.354 e. The molecule has 1 aliphatic heterocycles. The molecular formula is C10H12N4S2. The van der Waals surface area contributed by atoms with Crippen LogP contribution in [0.15, 0.2) is 6.20 Å². The lowest BCUT2D eigenvalue weighted by molar-refractivity contribution is 0.839. The molecule has 16 heavy (non-hydrogen) atoms. The molecule has 3 rings (SSSR count). The largest absolute Gasteiger partial charge is 0.354 e. The fraction of sp³-hybridized carbons (Fsp3) is 0.500. The van der Waals surface area contributed by atoms with Crippen LogP contribution in [0.3, 0.4) is 0 Å². The van der Waals surface area contributed by atoms with E-state index < -0.39 is 0 Å². The molecule has 0 bridgehead atoms. The summed E-state index contributed by atoms with van der Waals surface area (Å²) >= 11 is 3.62. The first-order valence-corrected chi connectivity index (χ1v) is 7.23. The minimum atomic E-state index is 0.776. The molecule has 84 valence electrons. The van der Waals surface area contributed by atoms with Crippen LogP contribution in [0.25, 0.3) is 10.5 Å². The summed E-state index contributed by atoms with van der Waals surface area (Å²) in [5, 5.41) is 1.03. The summed E-state index contributed by atoms with van der Waals surface area (Å²) < 4.78 is 0. The van der Waals surface area contributed by atoms with Gasteiger partial charge in [0.05, 0.1) is 11.2 Å². The van der Waals surface area contributed by atoms with Gasteiger partial charge in [0.25, 0.3) is 0 Å². The standard InChI is InChI=1S/C10H12N4S2/c1-7-12-9-10(16-7)13-8(6-11-9)14-2-4-15-5-3-14/h6H,2-5H2,1H3. The van der Waals surface area contributed by atoms with Gasteiger partial charge in [0.2, 0.25) is 0 Å². The molecule has 0 atom stereocenters. The molecule has 0 amide bonds. The third-order valence-electron chi connectivity index (χ3n) is 2.55. The number of aryl methyl sites for hydroxylation is 1. The van der Waals surface area contributed by atoms with E-state index in [4.69, 9.17) is 0 Å². The number of aromatic nitrogens is 3. The van der Waals surface area contributed by atoms with E-state index >= 15 is 0 Å². The van der Waals surface area contributed by atoms with Gasteiger partial charge in [-0.05, 0) is 6.92 Å². The van der Waals surface area contributed by atoms with Crippen molar-refractivity contribution in [2.24, 2.45) is 0 Å². The van der Waals surface area contributed by atoms with Crippen LogP contribution < -0.4 is 4.90 Å². The number of nitrogens with zero attached hydrogens (tertiary/aromatic N) is 4. The Labute approximate surface area is 102 Å². The van der Waals surface area contributed by atoms with Crippen LogP contribution in [-0.4, -0.2) is 39.5 Å². The molecule has 2 aromatic rings. The van der Waals surface area contributed by atoms with E-state index in [0.29, 0.717) is 0 Å². The van der Waals surface area contributed by atoms with Crippen LogP contribution in [0.2, 0.25) is 0 Å². The Morgan fingerprint density at radius 3 is 2.88 bits per heavy atom. The van der Waals surface area contributed by atoms with Crippen molar-refractivity contribution in [2.75, 3.05) is 29.5 Å². The fourth-order valence-corrected chi connectivity index (χ4v) is 3.40. The van der Waals surface area contributed by atoms with Crippen LogP contribution in [-0.2, 0) is 0 Å².